The molecule has 0 heterocycles. The Labute approximate surface area is 191 Å². The number of rotatable bonds is 6. The molecular weight excluding hydrogens is 410 g/mol. The lowest BCUT2D eigenvalue weighted by atomic mass is 9.60. The van der Waals surface area contributed by atoms with Gasteiger partial charge in [0.05, 0.1) is 6.10 Å². The van der Waals surface area contributed by atoms with Gasteiger partial charge in [-0.3, -0.25) is 4.79 Å². The van der Waals surface area contributed by atoms with Crippen molar-refractivity contribution in [2.24, 2.45) is 23.2 Å². The van der Waals surface area contributed by atoms with Crippen molar-refractivity contribution in [1.29, 1.82) is 0 Å². The second kappa shape index (κ2) is 9.13. The molecule has 3 rings (SSSR count). The van der Waals surface area contributed by atoms with Gasteiger partial charge >= 0.3 is 0 Å². The van der Waals surface area contributed by atoms with E-state index in [1.807, 2.05) is 6.08 Å². The van der Waals surface area contributed by atoms with Gasteiger partial charge in [-0.15, -0.1) is 0 Å². The Balaban J connectivity index is 1.71. The first-order valence-corrected chi connectivity index (χ1v) is 12.1. The number of ketones is 1. The Morgan fingerprint density at radius 2 is 1.97 bits per heavy atom. The van der Waals surface area contributed by atoms with Crippen LogP contribution in [0.5, 0.6) is 0 Å². The number of aliphatic hydroxyl groups is 2. The Hall–Kier alpha value is -1.33. The fourth-order valence-electron chi connectivity index (χ4n) is 6.43. The number of allylic oxidation sites excluding steroid dienone is 3. The summed E-state index contributed by atoms with van der Waals surface area (Å²) in [7, 11) is 0. The van der Waals surface area contributed by atoms with Crippen LogP contribution in [0.15, 0.2) is 35.5 Å². The van der Waals surface area contributed by atoms with Crippen molar-refractivity contribution in [1.82, 2.24) is 0 Å². The van der Waals surface area contributed by atoms with Crippen LogP contribution in [-0.4, -0.2) is 33.6 Å². The molecular formula is C27H40F2O3. The Bertz CT molecular complexity index is 804. The topological polar surface area (TPSA) is 57.5 Å². The standard InChI is InChI=1S/C27H40F2O3/c1-17(12-14-27(28,29)25(3,4)32)21-10-11-22-20(7-6-13-26(21,22)5)9-8-19-15-23(30)18(2)24(31)16-19/h8-9,17,21-23,30,32H,2,6-7,10-16H2,1,3-5H3/b19-8-,20-9+/t17-,21?,22?,23-,26?/m1/s1. The van der Waals surface area contributed by atoms with Gasteiger partial charge in [-0.1, -0.05) is 43.7 Å². The summed E-state index contributed by atoms with van der Waals surface area (Å²) in [6.07, 6.45) is 9.67. The molecule has 0 radical (unpaired) electrons. The van der Waals surface area contributed by atoms with Crippen molar-refractivity contribution in [3.05, 3.63) is 35.5 Å². The van der Waals surface area contributed by atoms with Crippen LogP contribution in [0, 0.1) is 23.2 Å². The van der Waals surface area contributed by atoms with Gasteiger partial charge in [-0.2, -0.15) is 0 Å². The highest BCUT2D eigenvalue weighted by Gasteiger charge is 2.51. The van der Waals surface area contributed by atoms with E-state index in [0.29, 0.717) is 36.7 Å². The monoisotopic (exact) mass is 450 g/mol. The van der Waals surface area contributed by atoms with Crippen molar-refractivity contribution in [2.45, 2.75) is 103 Å². The van der Waals surface area contributed by atoms with Gasteiger partial charge in [-0.05, 0) is 82.0 Å². The molecule has 0 saturated heterocycles. The summed E-state index contributed by atoms with van der Waals surface area (Å²) in [6, 6.07) is 0. The van der Waals surface area contributed by atoms with Crippen LogP contribution in [0.3, 0.4) is 0 Å². The maximum atomic E-state index is 14.3. The van der Waals surface area contributed by atoms with Gasteiger partial charge in [0, 0.05) is 18.4 Å². The molecule has 0 aliphatic heterocycles. The van der Waals surface area contributed by atoms with Gasteiger partial charge in [0.1, 0.15) is 5.60 Å². The van der Waals surface area contributed by atoms with Crippen molar-refractivity contribution in [2.75, 3.05) is 0 Å². The third-order valence-corrected chi connectivity index (χ3v) is 8.67. The molecule has 3 aliphatic carbocycles. The number of carbonyl (C=O) groups excluding carboxylic acids is 1. The second-order valence-electron chi connectivity index (χ2n) is 11.3. The molecule has 2 N–H and O–H groups in total. The minimum absolute atomic E-state index is 0.0838. The van der Waals surface area contributed by atoms with Crippen LogP contribution in [0.4, 0.5) is 8.78 Å². The predicted molar refractivity (Wildman–Crippen MR) is 123 cm³/mol. The Morgan fingerprint density at radius 1 is 1.28 bits per heavy atom. The fourth-order valence-corrected chi connectivity index (χ4v) is 6.43. The molecule has 32 heavy (non-hydrogen) atoms. The lowest BCUT2D eigenvalue weighted by Gasteiger charge is -2.44. The van der Waals surface area contributed by atoms with E-state index in [1.54, 1.807) is 0 Å². The lowest BCUT2D eigenvalue weighted by molar-refractivity contribution is -0.168. The summed E-state index contributed by atoms with van der Waals surface area (Å²) in [6.45, 7) is 10.5. The van der Waals surface area contributed by atoms with Crippen molar-refractivity contribution in [3.63, 3.8) is 0 Å². The fraction of sp³-hybridized carbons (Fsp3) is 0.741. The summed E-state index contributed by atoms with van der Waals surface area (Å²) >= 11 is 0. The van der Waals surface area contributed by atoms with E-state index >= 15 is 0 Å². The molecule has 0 amide bonds. The molecule has 0 aromatic carbocycles. The first-order valence-electron chi connectivity index (χ1n) is 12.1. The summed E-state index contributed by atoms with van der Waals surface area (Å²) in [5.74, 6) is -2.16. The highest BCUT2D eigenvalue weighted by atomic mass is 19.3. The normalized spacial score (nSPS) is 35.4. The summed E-state index contributed by atoms with van der Waals surface area (Å²) in [5, 5.41) is 19.9. The van der Waals surface area contributed by atoms with E-state index in [2.05, 4.69) is 26.5 Å². The molecule has 3 fully saturated rings. The maximum Gasteiger partial charge on any atom is 0.275 e. The number of alkyl halides is 2. The highest BCUT2D eigenvalue weighted by Crippen LogP contribution is 2.60. The number of aliphatic hydroxyl groups excluding tert-OH is 1. The minimum Gasteiger partial charge on any atom is -0.388 e. The first kappa shape index (κ1) is 25.3. The Kier molecular flexibility index (Phi) is 7.22. The van der Waals surface area contributed by atoms with Crippen LogP contribution in [0.1, 0.15) is 85.5 Å². The van der Waals surface area contributed by atoms with Gasteiger partial charge in [0.25, 0.3) is 5.92 Å². The molecule has 3 unspecified atom stereocenters. The van der Waals surface area contributed by atoms with Crippen molar-refractivity contribution < 1.29 is 23.8 Å². The zero-order valence-electron chi connectivity index (χ0n) is 20.1. The molecule has 0 spiro atoms. The van der Waals surface area contributed by atoms with Gasteiger partial charge in [-0.25, -0.2) is 8.78 Å². The number of fused-ring (bicyclic) bond motifs is 1. The van der Waals surface area contributed by atoms with Gasteiger partial charge in [0.15, 0.2) is 5.78 Å². The third-order valence-electron chi connectivity index (χ3n) is 8.67. The first-order chi connectivity index (χ1) is 14.8. The molecule has 180 valence electrons. The number of Topliss-reactive ketones (excluding diaryl/α,β-unsaturated/α-hetero) is 1. The zero-order valence-corrected chi connectivity index (χ0v) is 20.1. The quantitative estimate of drug-likeness (QED) is 0.477. The van der Waals surface area contributed by atoms with Gasteiger partial charge < -0.3 is 10.2 Å². The summed E-state index contributed by atoms with van der Waals surface area (Å²) < 4.78 is 28.6. The third kappa shape index (κ3) is 4.94. The molecule has 0 aromatic rings. The van der Waals surface area contributed by atoms with Crippen LogP contribution < -0.4 is 0 Å². The number of hydrogen-bond acceptors (Lipinski definition) is 3. The van der Waals surface area contributed by atoms with Crippen LogP contribution in [0.2, 0.25) is 0 Å². The van der Waals surface area contributed by atoms with Crippen LogP contribution >= 0.6 is 0 Å². The molecule has 5 heteroatoms. The Morgan fingerprint density at radius 3 is 2.59 bits per heavy atom. The molecule has 3 saturated carbocycles. The lowest BCUT2D eigenvalue weighted by Crippen LogP contribution is -2.43. The minimum atomic E-state index is -3.09. The number of carbonyl (C=O) groups is 1. The van der Waals surface area contributed by atoms with E-state index in [-0.39, 0.29) is 23.5 Å². The molecule has 3 nitrogen and oxygen atoms in total. The average Bonchev–Trinajstić information content (AvgIpc) is 3.05. The molecule has 5 atom stereocenters. The molecule has 0 bridgehead atoms. The summed E-state index contributed by atoms with van der Waals surface area (Å²) in [4.78, 5) is 12.0. The number of halogens is 2. The predicted octanol–water partition coefficient (Wildman–Crippen LogP) is 6.16. The van der Waals surface area contributed by atoms with Crippen molar-refractivity contribution >= 4 is 5.78 Å². The second-order valence-corrected chi connectivity index (χ2v) is 11.3. The van der Waals surface area contributed by atoms with Crippen LogP contribution in [0.25, 0.3) is 0 Å². The smallest absolute Gasteiger partial charge is 0.275 e. The maximum absolute atomic E-state index is 14.3. The van der Waals surface area contributed by atoms with Gasteiger partial charge in [0.2, 0.25) is 0 Å². The molecule has 3 aliphatic rings. The van der Waals surface area contributed by atoms with E-state index in [1.165, 1.54) is 19.4 Å². The van der Waals surface area contributed by atoms with E-state index in [9.17, 15) is 23.8 Å². The van der Waals surface area contributed by atoms with Crippen molar-refractivity contribution in [3.8, 4) is 0 Å². The number of hydrogen-bond donors (Lipinski definition) is 2. The van der Waals surface area contributed by atoms with E-state index in [0.717, 1.165) is 37.7 Å². The van der Waals surface area contributed by atoms with E-state index in [4.69, 9.17) is 0 Å². The highest BCUT2D eigenvalue weighted by molar-refractivity contribution is 5.98. The average molecular weight is 451 g/mol. The summed E-state index contributed by atoms with van der Waals surface area (Å²) in [5.41, 5.74) is 0.759. The van der Waals surface area contributed by atoms with E-state index < -0.39 is 17.6 Å². The SMILES string of the molecule is C=C1C(=O)C/C(=C\C=C2/CCCC3(C)C2CCC3[C@H](C)CCC(F)(F)C(C)(C)O)C[C@H]1O. The largest absolute Gasteiger partial charge is 0.388 e. The zero-order chi connectivity index (χ0) is 23.9. The van der Waals surface area contributed by atoms with Crippen LogP contribution in [-0.2, 0) is 4.79 Å². The molecule has 0 aromatic heterocycles.